The molecule has 0 radical (unpaired) electrons. The summed E-state index contributed by atoms with van der Waals surface area (Å²) in [5, 5.41) is 3.36. The molecule has 32 heavy (non-hydrogen) atoms. The molecule has 4 nitrogen and oxygen atoms in total. The van der Waals surface area contributed by atoms with Gasteiger partial charge < -0.3 is 9.97 Å². The van der Waals surface area contributed by atoms with Gasteiger partial charge in [0.2, 0.25) is 0 Å². The van der Waals surface area contributed by atoms with E-state index in [-0.39, 0.29) is 0 Å². The first-order valence-electron chi connectivity index (χ1n) is 10.1. The van der Waals surface area contributed by atoms with E-state index in [9.17, 15) is 0 Å². The molecular weight excluding hydrogens is 456 g/mol. The van der Waals surface area contributed by atoms with Gasteiger partial charge in [0.1, 0.15) is 0 Å². The largest absolute Gasteiger partial charge is 0.348 e. The van der Waals surface area contributed by atoms with Crippen molar-refractivity contribution >= 4 is 45.9 Å². The number of nitrogens with one attached hydrogen (secondary N) is 2. The summed E-state index contributed by atoms with van der Waals surface area (Å²) in [6.45, 7) is 2.03. The fourth-order valence-corrected chi connectivity index (χ4v) is 4.90. The molecular formula is C25H23ClN4S2. The molecule has 0 fully saturated rings. The van der Waals surface area contributed by atoms with E-state index in [0.29, 0.717) is 0 Å². The molecule has 0 aliphatic rings. The number of aryl methyl sites for hydroxylation is 1. The van der Waals surface area contributed by atoms with Crippen LogP contribution in [0.15, 0.2) is 95.4 Å². The van der Waals surface area contributed by atoms with E-state index in [0.717, 1.165) is 33.6 Å². The predicted molar refractivity (Wildman–Crippen MR) is 136 cm³/mol. The average molecular weight is 479 g/mol. The fraction of sp³-hybridized carbons (Fsp3) is 0.120. The summed E-state index contributed by atoms with van der Waals surface area (Å²) in [6, 6.07) is 22.9. The van der Waals surface area contributed by atoms with Crippen molar-refractivity contribution in [1.29, 1.82) is 0 Å². The maximum Gasteiger partial charge on any atom is 0.0925 e. The van der Waals surface area contributed by atoms with E-state index in [2.05, 4.69) is 62.4 Å². The Hall–Kier alpha value is -2.67. The van der Waals surface area contributed by atoms with Crippen LogP contribution in [0.2, 0.25) is 5.02 Å². The van der Waals surface area contributed by atoms with Gasteiger partial charge in [0.25, 0.3) is 0 Å². The number of aromatic amines is 2. The summed E-state index contributed by atoms with van der Waals surface area (Å²) in [6.07, 6.45) is 5.32. The molecule has 5 aromatic rings. The molecule has 0 aliphatic carbocycles. The lowest BCUT2D eigenvalue weighted by atomic mass is 10.1. The highest BCUT2D eigenvalue weighted by molar-refractivity contribution is 7.98. The Labute approximate surface area is 201 Å². The average Bonchev–Trinajstić information content (AvgIpc) is 3.49. The van der Waals surface area contributed by atoms with Gasteiger partial charge in [0.15, 0.2) is 0 Å². The topological polar surface area (TPSA) is 57.4 Å². The summed E-state index contributed by atoms with van der Waals surface area (Å²) in [5.74, 6) is 1.81. The summed E-state index contributed by atoms with van der Waals surface area (Å²) < 4.78 is 0. The summed E-state index contributed by atoms with van der Waals surface area (Å²) in [7, 11) is 0. The molecule has 0 atom stereocenters. The third-order valence-electron chi connectivity index (χ3n) is 4.79. The van der Waals surface area contributed by atoms with Gasteiger partial charge >= 0.3 is 0 Å². The van der Waals surface area contributed by atoms with E-state index >= 15 is 0 Å². The van der Waals surface area contributed by atoms with Crippen LogP contribution in [-0.4, -0.2) is 19.9 Å². The smallest absolute Gasteiger partial charge is 0.0925 e. The van der Waals surface area contributed by atoms with Gasteiger partial charge in [0, 0.05) is 43.9 Å². The quantitative estimate of drug-likeness (QED) is 0.248. The Morgan fingerprint density at radius 2 is 1.56 bits per heavy atom. The van der Waals surface area contributed by atoms with Crippen LogP contribution in [0, 0.1) is 6.92 Å². The van der Waals surface area contributed by atoms with Crippen molar-refractivity contribution in [1.82, 2.24) is 19.9 Å². The van der Waals surface area contributed by atoms with Crippen molar-refractivity contribution < 1.29 is 0 Å². The normalized spacial score (nSPS) is 10.7. The standard InChI is InChI=1S/C14H12N2S.C11H11ClN2S/c1-2-4-12-7-14(6-5-11(12)3-1)17-9-13-8-15-10-16-13;1-8-11(14-7-13-8)6-15-10-4-2-9(12)3-5-10/h1-8,10H,9H2,(H,15,16);2-5,7H,6H2,1H3,(H,13,14). The summed E-state index contributed by atoms with van der Waals surface area (Å²) in [5.41, 5.74) is 3.40. The highest BCUT2D eigenvalue weighted by Gasteiger charge is 2.02. The zero-order valence-corrected chi connectivity index (χ0v) is 20.0. The van der Waals surface area contributed by atoms with Crippen LogP contribution in [0.1, 0.15) is 17.1 Å². The van der Waals surface area contributed by atoms with Crippen molar-refractivity contribution in [2.45, 2.75) is 28.2 Å². The first-order chi connectivity index (χ1) is 15.7. The second-order valence-electron chi connectivity index (χ2n) is 7.09. The highest BCUT2D eigenvalue weighted by atomic mass is 35.5. The van der Waals surface area contributed by atoms with Gasteiger partial charge in [-0.1, -0.05) is 41.9 Å². The number of benzene rings is 3. The zero-order valence-electron chi connectivity index (χ0n) is 17.6. The van der Waals surface area contributed by atoms with Crippen molar-refractivity contribution in [3.8, 4) is 0 Å². The number of thioether (sulfide) groups is 2. The molecule has 2 N–H and O–H groups in total. The Morgan fingerprint density at radius 1 is 0.812 bits per heavy atom. The second kappa shape index (κ2) is 11.3. The zero-order chi connectivity index (χ0) is 22.2. The molecule has 2 heterocycles. The van der Waals surface area contributed by atoms with Crippen LogP contribution in [0.3, 0.4) is 0 Å². The molecule has 0 amide bonds. The lowest BCUT2D eigenvalue weighted by Gasteiger charge is -2.02. The number of aromatic nitrogens is 4. The minimum Gasteiger partial charge on any atom is -0.348 e. The lowest BCUT2D eigenvalue weighted by molar-refractivity contribution is 1.19. The second-order valence-corrected chi connectivity index (χ2v) is 9.63. The van der Waals surface area contributed by atoms with Crippen LogP contribution >= 0.6 is 35.1 Å². The number of hydrogen-bond acceptors (Lipinski definition) is 4. The number of imidazole rings is 2. The van der Waals surface area contributed by atoms with Gasteiger partial charge in [-0.3, -0.25) is 0 Å². The predicted octanol–water partition coefficient (Wildman–Crippen LogP) is 7.52. The molecule has 5 rings (SSSR count). The van der Waals surface area contributed by atoms with Crippen molar-refractivity contribution in [3.05, 3.63) is 108 Å². The van der Waals surface area contributed by atoms with Gasteiger partial charge in [0.05, 0.1) is 18.3 Å². The van der Waals surface area contributed by atoms with Crippen LogP contribution in [-0.2, 0) is 11.5 Å². The molecule has 3 aromatic carbocycles. The number of rotatable bonds is 6. The first kappa shape index (κ1) is 22.5. The molecule has 162 valence electrons. The number of halogens is 1. The maximum absolute atomic E-state index is 5.81. The molecule has 7 heteroatoms. The number of hydrogen-bond donors (Lipinski definition) is 2. The van der Waals surface area contributed by atoms with Gasteiger partial charge in [-0.2, -0.15) is 0 Å². The van der Waals surface area contributed by atoms with Crippen LogP contribution in [0.5, 0.6) is 0 Å². The van der Waals surface area contributed by atoms with Crippen molar-refractivity contribution in [2.24, 2.45) is 0 Å². The highest BCUT2D eigenvalue weighted by Crippen LogP contribution is 2.26. The Balaban J connectivity index is 0.000000155. The van der Waals surface area contributed by atoms with E-state index in [1.807, 2.05) is 49.1 Å². The first-order valence-corrected chi connectivity index (χ1v) is 12.5. The van der Waals surface area contributed by atoms with Gasteiger partial charge in [-0.25, -0.2) is 9.97 Å². The Bertz CT molecular complexity index is 1250. The third kappa shape index (κ3) is 6.42. The minimum atomic E-state index is 0.773. The van der Waals surface area contributed by atoms with E-state index < -0.39 is 0 Å². The van der Waals surface area contributed by atoms with Gasteiger partial charge in [-0.15, -0.1) is 23.5 Å². The lowest BCUT2D eigenvalue weighted by Crippen LogP contribution is -1.84. The Kier molecular flexibility index (Phi) is 7.93. The third-order valence-corrected chi connectivity index (χ3v) is 7.11. The monoisotopic (exact) mass is 478 g/mol. The molecule has 0 saturated heterocycles. The van der Waals surface area contributed by atoms with Crippen molar-refractivity contribution in [3.63, 3.8) is 0 Å². The molecule has 0 saturated carbocycles. The molecule has 2 aromatic heterocycles. The van der Waals surface area contributed by atoms with Crippen LogP contribution in [0.4, 0.5) is 0 Å². The minimum absolute atomic E-state index is 0.773. The molecule has 0 spiro atoms. The summed E-state index contributed by atoms with van der Waals surface area (Å²) in [4.78, 5) is 16.9. The van der Waals surface area contributed by atoms with Crippen molar-refractivity contribution in [2.75, 3.05) is 0 Å². The SMILES string of the molecule is Cc1[nH]cnc1CSc1ccc(Cl)cc1.c1ccc2cc(SCc3cnc[nH]3)ccc2c1. The van der Waals surface area contributed by atoms with E-state index in [4.69, 9.17) is 11.6 Å². The number of nitrogens with zero attached hydrogens (tertiary/aromatic N) is 2. The number of fused-ring (bicyclic) bond motifs is 1. The fourth-order valence-electron chi connectivity index (χ4n) is 3.00. The molecule has 0 aliphatic heterocycles. The van der Waals surface area contributed by atoms with Crippen LogP contribution < -0.4 is 0 Å². The Morgan fingerprint density at radius 3 is 2.28 bits per heavy atom. The van der Waals surface area contributed by atoms with E-state index in [1.165, 1.54) is 20.6 Å². The number of H-pyrrole nitrogens is 2. The van der Waals surface area contributed by atoms with E-state index in [1.54, 1.807) is 24.4 Å². The summed E-state index contributed by atoms with van der Waals surface area (Å²) >= 11 is 9.39. The molecule has 0 unspecified atom stereocenters. The molecule has 0 bridgehead atoms. The van der Waals surface area contributed by atoms with Gasteiger partial charge in [-0.05, 0) is 54.1 Å². The van der Waals surface area contributed by atoms with Crippen LogP contribution in [0.25, 0.3) is 10.8 Å². The maximum atomic E-state index is 5.81.